The number of carboxylic acid groups (broad SMARTS) is 2. The van der Waals surface area contributed by atoms with Gasteiger partial charge >= 0.3 is 164 Å². The van der Waals surface area contributed by atoms with Gasteiger partial charge in [0.1, 0.15) is 0 Å². The van der Waals surface area contributed by atoms with Gasteiger partial charge < -0.3 is 0 Å². The Balaban J connectivity index is 2.17. The first-order chi connectivity index (χ1) is 12.4. The van der Waals surface area contributed by atoms with Crippen LogP contribution in [0.4, 0.5) is 5.69 Å². The van der Waals surface area contributed by atoms with Crippen molar-refractivity contribution in [2.75, 3.05) is 5.32 Å². The van der Waals surface area contributed by atoms with Gasteiger partial charge in [0, 0.05) is 0 Å². The van der Waals surface area contributed by atoms with Gasteiger partial charge in [-0.25, -0.2) is 0 Å². The zero-order valence-electron chi connectivity index (χ0n) is 13.2. The minimum atomic E-state index is -1.20. The van der Waals surface area contributed by atoms with E-state index in [4.69, 9.17) is 21.8 Å². The molecule has 1 unspecified atom stereocenters. The number of para-hydroxylation sites is 1. The van der Waals surface area contributed by atoms with Gasteiger partial charge in [-0.3, -0.25) is 0 Å². The van der Waals surface area contributed by atoms with Crippen LogP contribution in [0.1, 0.15) is 16.8 Å². The quantitative estimate of drug-likeness (QED) is 0.525. The summed E-state index contributed by atoms with van der Waals surface area (Å²) in [6.07, 6.45) is -0.492. The first kappa shape index (κ1) is 20.3. The standard InChI is InChI=1S/C17H14ClNO5SSe/c18-10-6-7-12(16(22)19-11-4-2-1-3-5-11)14(8-10)26-25-13(17(23)24)9-15(20)21/h1-8,13H,9H2,(H,19,22)(H,20,21)(H,23,24). The molecule has 0 fully saturated rings. The van der Waals surface area contributed by atoms with Gasteiger partial charge in [0.2, 0.25) is 0 Å². The number of carbonyl (C=O) groups is 3. The Bertz CT molecular complexity index is 818. The van der Waals surface area contributed by atoms with Crippen LogP contribution in [0.25, 0.3) is 0 Å². The zero-order chi connectivity index (χ0) is 19.1. The third kappa shape index (κ3) is 6.07. The monoisotopic (exact) mass is 459 g/mol. The number of amides is 1. The van der Waals surface area contributed by atoms with Crippen molar-refractivity contribution in [2.45, 2.75) is 11.7 Å². The molecule has 1 amide bonds. The van der Waals surface area contributed by atoms with E-state index in [2.05, 4.69) is 5.32 Å². The van der Waals surface area contributed by atoms with Gasteiger partial charge in [-0.05, 0) is 0 Å². The molecule has 136 valence electrons. The molecule has 1 atom stereocenters. The predicted octanol–water partition coefficient (Wildman–Crippen LogP) is 2.50. The summed E-state index contributed by atoms with van der Waals surface area (Å²) in [4.78, 5) is 34.5. The number of carboxylic acids is 2. The fraction of sp³-hybridized carbons (Fsp3) is 0.118. The Morgan fingerprint density at radius 1 is 1.12 bits per heavy atom. The molecule has 3 N–H and O–H groups in total. The number of carbonyl (C=O) groups excluding carboxylic acids is 1. The van der Waals surface area contributed by atoms with Crippen molar-refractivity contribution in [1.82, 2.24) is 0 Å². The molecule has 0 saturated heterocycles. The predicted molar refractivity (Wildman–Crippen MR) is 103 cm³/mol. The molecule has 0 bridgehead atoms. The molecule has 0 heterocycles. The second kappa shape index (κ2) is 9.64. The van der Waals surface area contributed by atoms with Crippen LogP contribution < -0.4 is 9.78 Å². The van der Waals surface area contributed by atoms with Crippen LogP contribution >= 0.6 is 21.8 Å². The molecule has 2 aromatic carbocycles. The van der Waals surface area contributed by atoms with E-state index in [1.165, 1.54) is 0 Å². The number of anilines is 1. The fourth-order valence-electron chi connectivity index (χ4n) is 1.90. The van der Waals surface area contributed by atoms with E-state index >= 15 is 0 Å². The van der Waals surface area contributed by atoms with Crippen LogP contribution in [0.2, 0.25) is 5.02 Å². The molecule has 0 spiro atoms. The number of hydrogen-bond donors (Lipinski definition) is 3. The van der Waals surface area contributed by atoms with Crippen molar-refractivity contribution in [1.29, 1.82) is 0 Å². The number of rotatable bonds is 8. The van der Waals surface area contributed by atoms with E-state index in [9.17, 15) is 14.4 Å². The Kier molecular flexibility index (Phi) is 7.53. The SMILES string of the molecule is O=C(O)CC(S[Se]c1cc(Cl)ccc1C(=O)Nc1ccccc1)C(=O)O. The maximum absolute atomic E-state index is 12.5. The van der Waals surface area contributed by atoms with Crippen molar-refractivity contribution < 1.29 is 24.6 Å². The third-order valence-electron chi connectivity index (χ3n) is 3.11. The molecule has 0 aromatic heterocycles. The Labute approximate surface area is 164 Å². The topological polar surface area (TPSA) is 104 Å². The first-order valence-corrected chi connectivity index (χ1v) is 11.4. The van der Waals surface area contributed by atoms with E-state index in [1.807, 2.05) is 6.07 Å². The summed E-state index contributed by atoms with van der Waals surface area (Å²) in [7, 11) is 1.00. The minimum absolute atomic E-state index is 0.338. The molecular weight excluding hydrogens is 445 g/mol. The Morgan fingerprint density at radius 2 is 1.81 bits per heavy atom. The summed E-state index contributed by atoms with van der Waals surface area (Å²) in [5.41, 5.74) is 1.01. The van der Waals surface area contributed by atoms with Crippen LogP contribution in [0.15, 0.2) is 48.5 Å². The molecule has 9 heteroatoms. The van der Waals surface area contributed by atoms with E-state index in [1.54, 1.807) is 42.5 Å². The van der Waals surface area contributed by atoms with E-state index in [0.29, 0.717) is 20.7 Å². The molecule has 0 aliphatic heterocycles. The number of hydrogen-bond acceptors (Lipinski definition) is 4. The van der Waals surface area contributed by atoms with Crippen molar-refractivity contribution in [3.05, 3.63) is 59.1 Å². The summed E-state index contributed by atoms with van der Waals surface area (Å²) >= 11 is 5.50. The number of nitrogens with one attached hydrogen (secondary N) is 1. The third-order valence-corrected chi connectivity index (χ3v) is 8.13. The van der Waals surface area contributed by atoms with Crippen LogP contribution in [0, 0.1) is 0 Å². The number of aliphatic carboxylic acids is 2. The molecule has 0 radical (unpaired) electrons. The molecule has 2 rings (SSSR count). The number of halogens is 1. The van der Waals surface area contributed by atoms with Gasteiger partial charge in [0.15, 0.2) is 0 Å². The first-order valence-electron chi connectivity index (χ1n) is 7.30. The number of benzene rings is 2. The van der Waals surface area contributed by atoms with Gasteiger partial charge in [-0.1, -0.05) is 0 Å². The van der Waals surface area contributed by atoms with E-state index < -0.39 is 37.4 Å². The van der Waals surface area contributed by atoms with Crippen molar-refractivity contribution in [3.63, 3.8) is 0 Å². The molecule has 26 heavy (non-hydrogen) atoms. The molecular formula is C17H14ClNO5SSe. The van der Waals surface area contributed by atoms with Crippen molar-refractivity contribution in [3.8, 4) is 0 Å². The molecule has 2 aromatic rings. The van der Waals surface area contributed by atoms with Crippen LogP contribution in [-0.4, -0.2) is 47.1 Å². The second-order valence-corrected chi connectivity index (χ2v) is 9.61. The Morgan fingerprint density at radius 3 is 2.42 bits per heavy atom. The molecule has 6 nitrogen and oxygen atoms in total. The average molecular weight is 459 g/mol. The average Bonchev–Trinajstić information content (AvgIpc) is 2.59. The summed E-state index contributed by atoms with van der Waals surface area (Å²) in [5, 5.41) is 20.1. The molecule has 0 aliphatic carbocycles. The van der Waals surface area contributed by atoms with Gasteiger partial charge in [0.25, 0.3) is 0 Å². The van der Waals surface area contributed by atoms with E-state index in [-0.39, 0.29) is 5.91 Å². The molecule has 0 saturated carbocycles. The normalized spacial score (nSPS) is 11.6. The van der Waals surface area contributed by atoms with Crippen LogP contribution in [-0.2, 0) is 9.59 Å². The maximum atomic E-state index is 12.5. The van der Waals surface area contributed by atoms with Crippen LogP contribution in [0.3, 0.4) is 0 Å². The summed E-state index contributed by atoms with van der Waals surface area (Å²) in [6.45, 7) is 0. The van der Waals surface area contributed by atoms with Crippen LogP contribution in [0.5, 0.6) is 0 Å². The molecule has 0 aliphatic rings. The van der Waals surface area contributed by atoms with Gasteiger partial charge in [0.05, 0.1) is 0 Å². The summed E-state index contributed by atoms with van der Waals surface area (Å²) in [5.74, 6) is -2.72. The summed E-state index contributed by atoms with van der Waals surface area (Å²) < 4.78 is 0.597. The van der Waals surface area contributed by atoms with Crippen molar-refractivity contribution >= 4 is 63.6 Å². The Hall–Kier alpha value is -1.99. The summed E-state index contributed by atoms with van der Waals surface area (Å²) in [6, 6.07) is 13.7. The van der Waals surface area contributed by atoms with Gasteiger partial charge in [-0.2, -0.15) is 0 Å². The fourth-order valence-corrected chi connectivity index (χ4v) is 6.67. The van der Waals surface area contributed by atoms with E-state index in [0.717, 1.165) is 10.2 Å². The van der Waals surface area contributed by atoms with Crippen molar-refractivity contribution in [2.24, 2.45) is 0 Å². The second-order valence-electron chi connectivity index (χ2n) is 5.06. The zero-order valence-corrected chi connectivity index (χ0v) is 16.5. The van der Waals surface area contributed by atoms with Gasteiger partial charge in [-0.15, -0.1) is 0 Å².